The van der Waals surface area contributed by atoms with Crippen LogP contribution in [0.4, 0.5) is 0 Å². The molecule has 2 saturated heterocycles. The third-order valence-corrected chi connectivity index (χ3v) is 7.50. The van der Waals surface area contributed by atoms with E-state index < -0.39 is 0 Å². The molecule has 3 aromatic rings. The lowest BCUT2D eigenvalue weighted by molar-refractivity contribution is -0.127. The first-order chi connectivity index (χ1) is 17.2. The van der Waals surface area contributed by atoms with Gasteiger partial charge in [0.2, 0.25) is 11.8 Å². The Morgan fingerprint density at radius 3 is 2.49 bits per heavy atom. The molecule has 1 aromatic heterocycles. The second-order valence-electron chi connectivity index (χ2n) is 9.95. The summed E-state index contributed by atoms with van der Waals surface area (Å²) in [6.45, 7) is 5.93. The average molecular weight is 473 g/mol. The minimum atomic E-state index is 0.0924. The minimum absolute atomic E-state index is 0.0924. The van der Waals surface area contributed by atoms with Gasteiger partial charge in [-0.05, 0) is 61.9 Å². The molecule has 5 rings (SSSR count). The molecule has 6 nitrogen and oxygen atoms in total. The fourth-order valence-corrected chi connectivity index (χ4v) is 5.50. The number of para-hydroxylation sites is 1. The van der Waals surface area contributed by atoms with Crippen molar-refractivity contribution in [2.75, 3.05) is 32.7 Å². The van der Waals surface area contributed by atoms with Gasteiger partial charge in [-0.3, -0.25) is 14.5 Å². The Bertz CT molecular complexity index is 1150. The molecule has 0 aliphatic carbocycles. The van der Waals surface area contributed by atoms with E-state index in [2.05, 4.69) is 75.4 Å². The number of hydrogen-bond acceptors (Lipinski definition) is 3. The van der Waals surface area contributed by atoms with Crippen LogP contribution in [0.15, 0.2) is 60.7 Å². The highest BCUT2D eigenvalue weighted by Gasteiger charge is 2.26. The highest BCUT2D eigenvalue weighted by Crippen LogP contribution is 2.25. The molecular weight excluding hydrogens is 436 g/mol. The van der Waals surface area contributed by atoms with Gasteiger partial charge in [-0.25, -0.2) is 0 Å². The van der Waals surface area contributed by atoms with Crippen LogP contribution in [0, 0.1) is 5.92 Å². The highest BCUT2D eigenvalue weighted by atomic mass is 16.2. The van der Waals surface area contributed by atoms with Gasteiger partial charge in [0.1, 0.15) is 0 Å². The molecule has 0 saturated carbocycles. The topological polar surface area (TPSA) is 57.6 Å². The van der Waals surface area contributed by atoms with Crippen molar-refractivity contribution in [2.45, 2.75) is 45.2 Å². The Labute approximate surface area is 207 Å². The van der Waals surface area contributed by atoms with Gasteiger partial charge in [-0.1, -0.05) is 48.5 Å². The lowest BCUT2D eigenvalue weighted by atomic mass is 9.95. The molecule has 2 aromatic carbocycles. The second kappa shape index (κ2) is 11.1. The first-order valence-electron chi connectivity index (χ1n) is 13.1. The number of likely N-dealkylation sites (tertiary alicyclic amines) is 2. The summed E-state index contributed by atoms with van der Waals surface area (Å²) in [6.07, 6.45) is 4.28. The van der Waals surface area contributed by atoms with Gasteiger partial charge in [0.15, 0.2) is 0 Å². The molecule has 6 heteroatoms. The molecule has 0 unspecified atom stereocenters. The fourth-order valence-electron chi connectivity index (χ4n) is 5.50. The van der Waals surface area contributed by atoms with E-state index in [1.807, 2.05) is 4.90 Å². The van der Waals surface area contributed by atoms with Gasteiger partial charge in [-0.15, -0.1) is 0 Å². The number of benzene rings is 2. The molecule has 0 atom stereocenters. The summed E-state index contributed by atoms with van der Waals surface area (Å²) in [6, 6.07) is 21.6. The minimum Gasteiger partial charge on any atom is -0.356 e. The van der Waals surface area contributed by atoms with E-state index in [-0.39, 0.29) is 17.7 Å². The van der Waals surface area contributed by atoms with Crippen LogP contribution >= 0.6 is 0 Å². The Morgan fingerprint density at radius 1 is 0.943 bits per heavy atom. The number of nitrogens with one attached hydrogen (secondary N) is 1. The number of carbonyl (C=O) groups excluding carboxylic acids is 2. The number of fused-ring (bicyclic) bond motifs is 1. The first kappa shape index (κ1) is 23.6. The van der Waals surface area contributed by atoms with Crippen molar-refractivity contribution in [1.29, 1.82) is 0 Å². The molecule has 184 valence electrons. The Hall–Kier alpha value is -3.12. The lowest BCUT2D eigenvalue weighted by Crippen LogP contribution is -2.41. The summed E-state index contributed by atoms with van der Waals surface area (Å²) < 4.78 is 2.44. The number of rotatable bonds is 9. The number of nitrogens with zero attached hydrogens (tertiary/aromatic N) is 3. The summed E-state index contributed by atoms with van der Waals surface area (Å²) in [5, 5.41) is 4.39. The van der Waals surface area contributed by atoms with Crippen LogP contribution in [0.5, 0.6) is 0 Å². The molecule has 0 spiro atoms. The smallest absolute Gasteiger partial charge is 0.223 e. The van der Waals surface area contributed by atoms with Crippen molar-refractivity contribution in [2.24, 2.45) is 5.92 Å². The largest absolute Gasteiger partial charge is 0.356 e. The van der Waals surface area contributed by atoms with E-state index >= 15 is 0 Å². The molecule has 0 radical (unpaired) electrons. The third-order valence-electron chi connectivity index (χ3n) is 7.50. The maximum absolute atomic E-state index is 12.7. The number of hydrogen-bond donors (Lipinski definition) is 1. The van der Waals surface area contributed by atoms with Crippen molar-refractivity contribution in [3.05, 3.63) is 71.9 Å². The molecule has 35 heavy (non-hydrogen) atoms. The van der Waals surface area contributed by atoms with Crippen LogP contribution in [0.3, 0.4) is 0 Å². The summed E-state index contributed by atoms with van der Waals surface area (Å²) >= 11 is 0. The Morgan fingerprint density at radius 2 is 1.71 bits per heavy atom. The summed E-state index contributed by atoms with van der Waals surface area (Å²) in [5.74, 6) is 0.525. The van der Waals surface area contributed by atoms with Crippen LogP contribution < -0.4 is 5.32 Å². The zero-order valence-electron chi connectivity index (χ0n) is 20.5. The van der Waals surface area contributed by atoms with E-state index in [0.717, 1.165) is 65.0 Å². The quantitative estimate of drug-likeness (QED) is 0.479. The highest BCUT2D eigenvalue weighted by molar-refractivity contribution is 5.81. The van der Waals surface area contributed by atoms with Gasteiger partial charge in [0.05, 0.1) is 0 Å². The predicted octanol–water partition coefficient (Wildman–Crippen LogP) is 4.03. The van der Waals surface area contributed by atoms with E-state index in [9.17, 15) is 9.59 Å². The normalized spacial score (nSPS) is 17.4. The van der Waals surface area contributed by atoms with Gasteiger partial charge < -0.3 is 14.8 Å². The summed E-state index contributed by atoms with van der Waals surface area (Å²) in [4.78, 5) is 28.8. The number of amides is 2. The van der Waals surface area contributed by atoms with Gasteiger partial charge in [0.25, 0.3) is 0 Å². The number of piperidine rings is 1. The van der Waals surface area contributed by atoms with E-state index in [1.54, 1.807) is 0 Å². The Kier molecular flexibility index (Phi) is 7.48. The second-order valence-corrected chi connectivity index (χ2v) is 9.95. The molecule has 2 fully saturated rings. The van der Waals surface area contributed by atoms with E-state index in [4.69, 9.17) is 0 Å². The molecule has 2 amide bonds. The van der Waals surface area contributed by atoms with Crippen molar-refractivity contribution >= 4 is 22.7 Å². The fraction of sp³-hybridized carbons (Fsp3) is 0.448. The van der Waals surface area contributed by atoms with E-state index in [0.29, 0.717) is 13.0 Å². The van der Waals surface area contributed by atoms with Crippen LogP contribution in [0.2, 0.25) is 0 Å². The summed E-state index contributed by atoms with van der Waals surface area (Å²) in [5.41, 5.74) is 3.91. The van der Waals surface area contributed by atoms with Gasteiger partial charge in [-0.2, -0.15) is 0 Å². The lowest BCUT2D eigenvalue weighted by Gasteiger charge is -2.31. The van der Waals surface area contributed by atoms with Crippen LogP contribution in [0.25, 0.3) is 10.9 Å². The molecular formula is C29H36N4O2. The molecule has 1 N–H and O–H groups in total. The zero-order chi connectivity index (χ0) is 24.0. The molecule has 3 heterocycles. The van der Waals surface area contributed by atoms with Crippen molar-refractivity contribution < 1.29 is 9.59 Å². The molecule has 2 aliphatic heterocycles. The van der Waals surface area contributed by atoms with Crippen molar-refractivity contribution in [3.63, 3.8) is 0 Å². The van der Waals surface area contributed by atoms with Crippen LogP contribution in [-0.4, -0.2) is 58.9 Å². The predicted molar refractivity (Wildman–Crippen MR) is 139 cm³/mol. The Balaban J connectivity index is 1.13. The van der Waals surface area contributed by atoms with Crippen molar-refractivity contribution in [1.82, 2.24) is 19.7 Å². The van der Waals surface area contributed by atoms with Crippen LogP contribution in [0.1, 0.15) is 43.4 Å². The van der Waals surface area contributed by atoms with Crippen LogP contribution in [-0.2, 0) is 22.7 Å². The SMILES string of the molecule is O=C(NCCCN1CCCC1=O)C1CCN(Cc2cc3ccccc3n2Cc2ccccc2)CC1. The van der Waals surface area contributed by atoms with Crippen molar-refractivity contribution in [3.8, 4) is 0 Å². The zero-order valence-corrected chi connectivity index (χ0v) is 20.5. The first-order valence-corrected chi connectivity index (χ1v) is 13.1. The molecule has 0 bridgehead atoms. The number of aromatic nitrogens is 1. The molecule has 2 aliphatic rings. The van der Waals surface area contributed by atoms with E-state index in [1.165, 1.54) is 22.2 Å². The number of carbonyl (C=O) groups is 2. The maximum Gasteiger partial charge on any atom is 0.223 e. The average Bonchev–Trinajstić information content (AvgIpc) is 3.45. The van der Waals surface area contributed by atoms with Gasteiger partial charge >= 0.3 is 0 Å². The third kappa shape index (κ3) is 5.76. The standard InChI is InChI=1S/C29H36N4O2/c34-28-12-6-16-32(28)17-7-15-30-29(35)24-13-18-31(19-14-24)22-26-20-25-10-4-5-11-27(25)33(26)21-23-8-2-1-3-9-23/h1-5,8-11,20,24H,6-7,12-19,21-22H2,(H,30,35). The summed E-state index contributed by atoms with van der Waals surface area (Å²) in [7, 11) is 0. The maximum atomic E-state index is 12.7. The van der Waals surface area contributed by atoms with Gasteiger partial charge in [0, 0.05) is 56.3 Å². The monoisotopic (exact) mass is 472 g/mol.